The molecule has 0 spiro atoms. The van der Waals surface area contributed by atoms with Gasteiger partial charge in [-0.05, 0) is 74.0 Å². The van der Waals surface area contributed by atoms with Crippen molar-refractivity contribution in [3.8, 4) is 0 Å². The molecule has 3 rings (SSSR count). The van der Waals surface area contributed by atoms with Gasteiger partial charge in [-0.15, -0.1) is 0 Å². The molecular formula is C23H44. The van der Waals surface area contributed by atoms with E-state index in [1.165, 1.54) is 32.1 Å². The van der Waals surface area contributed by atoms with Crippen molar-refractivity contribution < 1.29 is 0 Å². The molecule has 0 aliphatic heterocycles. The second-order valence-electron chi connectivity index (χ2n) is 9.82. The Balaban J connectivity index is 0.000000433. The highest BCUT2D eigenvalue weighted by Gasteiger charge is 2.32. The molecule has 3 fully saturated rings. The molecule has 0 aromatic carbocycles. The van der Waals surface area contributed by atoms with E-state index in [0.29, 0.717) is 0 Å². The predicted octanol–water partition coefficient (Wildman–Crippen LogP) is 7.86. The van der Waals surface area contributed by atoms with Crippen molar-refractivity contribution in [1.29, 1.82) is 0 Å². The first-order valence-electron chi connectivity index (χ1n) is 11.1. The average molecular weight is 321 g/mol. The Labute approximate surface area is 147 Å². The van der Waals surface area contributed by atoms with Gasteiger partial charge in [-0.2, -0.15) is 0 Å². The van der Waals surface area contributed by atoms with Crippen LogP contribution in [0, 0.1) is 35.5 Å². The van der Waals surface area contributed by atoms with Crippen LogP contribution in [-0.4, -0.2) is 0 Å². The van der Waals surface area contributed by atoms with E-state index < -0.39 is 0 Å². The van der Waals surface area contributed by atoms with E-state index in [1.807, 2.05) is 0 Å². The molecule has 0 heteroatoms. The SMILES string of the molecule is CC(C)C.CC1CCC(C2CCC(C3CCCCC3)CC2)CC1. The zero-order chi connectivity index (χ0) is 16.7. The Morgan fingerprint density at radius 2 is 0.783 bits per heavy atom. The van der Waals surface area contributed by atoms with Gasteiger partial charge in [-0.3, -0.25) is 0 Å². The largest absolute Gasteiger partial charge is 0.0630 e. The third kappa shape index (κ3) is 6.79. The maximum atomic E-state index is 2.45. The van der Waals surface area contributed by atoms with Crippen LogP contribution in [0.15, 0.2) is 0 Å². The fourth-order valence-electron chi connectivity index (χ4n) is 5.45. The van der Waals surface area contributed by atoms with E-state index >= 15 is 0 Å². The van der Waals surface area contributed by atoms with E-state index in [4.69, 9.17) is 0 Å². The predicted molar refractivity (Wildman–Crippen MR) is 104 cm³/mol. The maximum absolute atomic E-state index is 2.45. The summed E-state index contributed by atoms with van der Waals surface area (Å²) < 4.78 is 0. The Morgan fingerprint density at radius 1 is 0.478 bits per heavy atom. The van der Waals surface area contributed by atoms with Crippen LogP contribution in [0.3, 0.4) is 0 Å². The highest BCUT2D eigenvalue weighted by Crippen LogP contribution is 2.45. The van der Waals surface area contributed by atoms with Gasteiger partial charge in [0.15, 0.2) is 0 Å². The van der Waals surface area contributed by atoms with Gasteiger partial charge in [0.2, 0.25) is 0 Å². The Kier molecular flexibility index (Phi) is 8.48. The van der Waals surface area contributed by atoms with Gasteiger partial charge in [0.25, 0.3) is 0 Å². The number of hydrogen-bond acceptors (Lipinski definition) is 0. The van der Waals surface area contributed by atoms with E-state index in [1.54, 1.807) is 51.4 Å². The smallest absolute Gasteiger partial charge is 0.0386 e. The van der Waals surface area contributed by atoms with E-state index in [9.17, 15) is 0 Å². The first kappa shape index (κ1) is 19.3. The summed E-state index contributed by atoms with van der Waals surface area (Å²) in [6, 6.07) is 0. The summed E-state index contributed by atoms with van der Waals surface area (Å²) in [5.41, 5.74) is 0. The lowest BCUT2D eigenvalue weighted by Gasteiger charge is -2.40. The molecule has 0 radical (unpaired) electrons. The van der Waals surface area contributed by atoms with Crippen LogP contribution in [0.25, 0.3) is 0 Å². The molecule has 0 bridgehead atoms. The Morgan fingerprint density at radius 3 is 1.17 bits per heavy atom. The lowest BCUT2D eigenvalue weighted by molar-refractivity contribution is 0.115. The topological polar surface area (TPSA) is 0 Å². The Hall–Kier alpha value is 0. The van der Waals surface area contributed by atoms with Crippen LogP contribution in [0.2, 0.25) is 0 Å². The standard InChI is InChI=1S/C19H34.C4H10/c1-15-7-9-17(10-8-15)19-13-11-18(12-14-19)16-5-3-2-4-6-16;1-4(2)3/h15-19H,2-14H2,1H3;4H,1-3H3. The lowest BCUT2D eigenvalue weighted by atomic mass is 9.66. The molecule has 0 heterocycles. The zero-order valence-corrected chi connectivity index (χ0v) is 16.7. The van der Waals surface area contributed by atoms with Gasteiger partial charge in [0, 0.05) is 0 Å². The summed E-state index contributed by atoms with van der Waals surface area (Å²) in [4.78, 5) is 0. The van der Waals surface area contributed by atoms with Crippen LogP contribution in [0.5, 0.6) is 0 Å². The quantitative estimate of drug-likeness (QED) is 0.485. The van der Waals surface area contributed by atoms with Crippen molar-refractivity contribution in [3.63, 3.8) is 0 Å². The third-order valence-electron chi connectivity index (χ3n) is 6.86. The van der Waals surface area contributed by atoms with Crippen LogP contribution < -0.4 is 0 Å². The summed E-state index contributed by atoms with van der Waals surface area (Å²) in [7, 11) is 0. The summed E-state index contributed by atoms with van der Waals surface area (Å²) in [5.74, 6) is 6.34. The third-order valence-corrected chi connectivity index (χ3v) is 6.86. The molecular weight excluding hydrogens is 276 g/mol. The van der Waals surface area contributed by atoms with Crippen LogP contribution in [-0.2, 0) is 0 Å². The van der Waals surface area contributed by atoms with Crippen molar-refractivity contribution in [2.75, 3.05) is 0 Å². The van der Waals surface area contributed by atoms with Gasteiger partial charge in [-0.1, -0.05) is 72.6 Å². The Bertz CT molecular complexity index is 280. The zero-order valence-electron chi connectivity index (χ0n) is 16.7. The van der Waals surface area contributed by atoms with E-state index in [0.717, 1.165) is 35.5 Å². The van der Waals surface area contributed by atoms with Gasteiger partial charge in [-0.25, -0.2) is 0 Å². The van der Waals surface area contributed by atoms with Crippen molar-refractivity contribution in [2.45, 2.75) is 111 Å². The average Bonchev–Trinajstić information content (AvgIpc) is 2.56. The van der Waals surface area contributed by atoms with Gasteiger partial charge in [0.1, 0.15) is 0 Å². The molecule has 3 saturated carbocycles. The van der Waals surface area contributed by atoms with Crippen LogP contribution in [0.4, 0.5) is 0 Å². The molecule has 0 unspecified atom stereocenters. The monoisotopic (exact) mass is 320 g/mol. The van der Waals surface area contributed by atoms with Crippen LogP contribution >= 0.6 is 0 Å². The summed E-state index contributed by atoms with van der Waals surface area (Å²) in [6.07, 6.45) is 20.2. The van der Waals surface area contributed by atoms with Crippen molar-refractivity contribution in [2.24, 2.45) is 35.5 Å². The van der Waals surface area contributed by atoms with Crippen molar-refractivity contribution >= 4 is 0 Å². The van der Waals surface area contributed by atoms with Crippen molar-refractivity contribution in [3.05, 3.63) is 0 Å². The minimum absolute atomic E-state index is 0.833. The highest BCUT2D eigenvalue weighted by atomic mass is 14.4. The molecule has 0 saturated heterocycles. The van der Waals surface area contributed by atoms with Gasteiger partial charge < -0.3 is 0 Å². The van der Waals surface area contributed by atoms with E-state index in [2.05, 4.69) is 27.7 Å². The molecule has 3 aliphatic carbocycles. The van der Waals surface area contributed by atoms with Gasteiger partial charge in [0.05, 0.1) is 0 Å². The summed E-state index contributed by atoms with van der Waals surface area (Å²) in [6.45, 7) is 8.95. The molecule has 0 atom stereocenters. The number of rotatable bonds is 2. The fourth-order valence-corrected chi connectivity index (χ4v) is 5.45. The molecule has 0 aromatic rings. The minimum Gasteiger partial charge on any atom is -0.0630 e. The highest BCUT2D eigenvalue weighted by molar-refractivity contribution is 4.84. The maximum Gasteiger partial charge on any atom is -0.0386 e. The summed E-state index contributed by atoms with van der Waals surface area (Å²) in [5, 5.41) is 0. The second kappa shape index (κ2) is 10.1. The number of hydrogen-bond donors (Lipinski definition) is 0. The van der Waals surface area contributed by atoms with Crippen LogP contribution in [0.1, 0.15) is 111 Å². The molecule has 0 nitrogen and oxygen atoms in total. The second-order valence-corrected chi connectivity index (χ2v) is 9.82. The molecule has 3 aliphatic rings. The lowest BCUT2D eigenvalue weighted by Crippen LogP contribution is -2.28. The van der Waals surface area contributed by atoms with Crippen molar-refractivity contribution in [1.82, 2.24) is 0 Å². The molecule has 0 N–H and O–H groups in total. The normalized spacial score (nSPS) is 36.4. The summed E-state index contributed by atoms with van der Waals surface area (Å²) >= 11 is 0. The molecule has 23 heavy (non-hydrogen) atoms. The minimum atomic E-state index is 0.833. The molecule has 136 valence electrons. The molecule has 0 amide bonds. The molecule has 0 aromatic heterocycles. The first-order chi connectivity index (χ1) is 11.1. The van der Waals surface area contributed by atoms with Gasteiger partial charge >= 0.3 is 0 Å². The van der Waals surface area contributed by atoms with E-state index in [-0.39, 0.29) is 0 Å². The first-order valence-corrected chi connectivity index (χ1v) is 11.1. The fraction of sp³-hybridized carbons (Fsp3) is 1.00.